The second-order valence-electron chi connectivity index (χ2n) is 4.40. The van der Waals surface area contributed by atoms with Gasteiger partial charge in [0, 0.05) is 5.41 Å². The Hall–Kier alpha value is -1.37. The van der Waals surface area contributed by atoms with E-state index >= 15 is 0 Å². The van der Waals surface area contributed by atoms with Crippen molar-refractivity contribution in [1.82, 2.24) is 5.01 Å². The van der Waals surface area contributed by atoms with Gasteiger partial charge in [0.2, 0.25) is 5.91 Å². The number of hydrogen-bond acceptors (Lipinski definition) is 3. The second kappa shape index (κ2) is 3.79. The van der Waals surface area contributed by atoms with Crippen LogP contribution in [0.15, 0.2) is 5.10 Å². The summed E-state index contributed by atoms with van der Waals surface area (Å²) in [5.41, 5.74) is 0.845. The fraction of sp³-hybridized carbons (Fsp3) is 0.700. The minimum Gasteiger partial charge on any atom is -0.273 e. The van der Waals surface area contributed by atoms with Crippen molar-refractivity contribution in [2.45, 2.75) is 33.6 Å². The van der Waals surface area contributed by atoms with Gasteiger partial charge in [-0.3, -0.25) is 4.79 Å². The molecule has 0 saturated carbocycles. The molecule has 1 rings (SSSR count). The summed E-state index contributed by atoms with van der Waals surface area (Å²) in [7, 11) is 0. The van der Waals surface area contributed by atoms with E-state index in [4.69, 9.17) is 5.26 Å². The third-order valence-corrected chi connectivity index (χ3v) is 2.15. The standard InChI is InChI=1S/C10H15N3O/c1-10(2,3)8-7-9(14)13(12-8)6-4-5-11/h4,6-7H2,1-3H3. The number of amides is 1. The summed E-state index contributed by atoms with van der Waals surface area (Å²) in [4.78, 5) is 11.4. The monoisotopic (exact) mass is 193 g/mol. The molecular weight excluding hydrogens is 178 g/mol. The van der Waals surface area contributed by atoms with Crippen molar-refractivity contribution in [2.24, 2.45) is 10.5 Å². The maximum Gasteiger partial charge on any atom is 0.248 e. The third-order valence-electron chi connectivity index (χ3n) is 2.15. The molecular formula is C10H15N3O. The van der Waals surface area contributed by atoms with E-state index in [-0.39, 0.29) is 11.3 Å². The Morgan fingerprint density at radius 3 is 2.64 bits per heavy atom. The summed E-state index contributed by atoms with van der Waals surface area (Å²) < 4.78 is 0. The molecule has 0 aliphatic carbocycles. The molecule has 0 spiro atoms. The zero-order valence-corrected chi connectivity index (χ0v) is 8.87. The molecule has 76 valence electrons. The SMILES string of the molecule is CC(C)(C)C1=NN(CCC#N)C(=O)C1. The van der Waals surface area contributed by atoms with E-state index in [9.17, 15) is 4.79 Å². The highest BCUT2D eigenvalue weighted by molar-refractivity contribution is 6.07. The Morgan fingerprint density at radius 1 is 1.57 bits per heavy atom. The molecule has 0 aromatic carbocycles. The van der Waals surface area contributed by atoms with Gasteiger partial charge in [0.1, 0.15) is 0 Å². The van der Waals surface area contributed by atoms with Crippen molar-refractivity contribution in [3.05, 3.63) is 0 Å². The predicted octanol–water partition coefficient (Wildman–Crippen LogP) is 1.53. The molecule has 0 aromatic heterocycles. The summed E-state index contributed by atoms with van der Waals surface area (Å²) in [6, 6.07) is 2.01. The van der Waals surface area contributed by atoms with Crippen LogP contribution in [0, 0.1) is 16.7 Å². The lowest BCUT2D eigenvalue weighted by atomic mass is 9.88. The molecule has 1 aliphatic rings. The van der Waals surface area contributed by atoms with Gasteiger partial charge in [-0.2, -0.15) is 10.4 Å². The topological polar surface area (TPSA) is 56.5 Å². The molecule has 0 unspecified atom stereocenters. The first-order chi connectivity index (χ1) is 6.45. The fourth-order valence-corrected chi connectivity index (χ4v) is 1.22. The van der Waals surface area contributed by atoms with Crippen molar-refractivity contribution in [3.63, 3.8) is 0 Å². The zero-order valence-electron chi connectivity index (χ0n) is 8.87. The Labute approximate surface area is 84.2 Å². The lowest BCUT2D eigenvalue weighted by molar-refractivity contribution is -0.128. The highest BCUT2D eigenvalue weighted by Gasteiger charge is 2.30. The van der Waals surface area contributed by atoms with E-state index < -0.39 is 0 Å². The third kappa shape index (κ3) is 2.32. The van der Waals surface area contributed by atoms with Crippen LogP contribution in [0.1, 0.15) is 33.6 Å². The molecule has 4 nitrogen and oxygen atoms in total. The van der Waals surface area contributed by atoms with E-state index in [1.807, 2.05) is 26.8 Å². The van der Waals surface area contributed by atoms with E-state index in [1.165, 1.54) is 5.01 Å². The lowest BCUT2D eigenvalue weighted by Crippen LogP contribution is -2.21. The summed E-state index contributed by atoms with van der Waals surface area (Å²) in [6.07, 6.45) is 0.738. The zero-order chi connectivity index (χ0) is 10.8. The van der Waals surface area contributed by atoms with Gasteiger partial charge in [-0.15, -0.1) is 0 Å². The van der Waals surface area contributed by atoms with E-state index in [0.717, 1.165) is 5.71 Å². The van der Waals surface area contributed by atoms with Gasteiger partial charge in [0.05, 0.1) is 31.2 Å². The minimum absolute atomic E-state index is 0.00479. The van der Waals surface area contributed by atoms with Crippen LogP contribution in [0.2, 0.25) is 0 Å². The van der Waals surface area contributed by atoms with Crippen LogP contribution >= 0.6 is 0 Å². The number of nitriles is 1. The van der Waals surface area contributed by atoms with Crippen LogP contribution in [0.3, 0.4) is 0 Å². The quantitative estimate of drug-likeness (QED) is 0.667. The molecule has 0 atom stereocenters. The van der Waals surface area contributed by atoms with E-state index in [0.29, 0.717) is 19.4 Å². The number of nitrogens with zero attached hydrogens (tertiary/aromatic N) is 3. The van der Waals surface area contributed by atoms with Crippen LogP contribution in [0.25, 0.3) is 0 Å². The average molecular weight is 193 g/mol. The van der Waals surface area contributed by atoms with Gasteiger partial charge in [-0.1, -0.05) is 20.8 Å². The molecule has 1 amide bonds. The molecule has 0 fully saturated rings. The van der Waals surface area contributed by atoms with E-state index in [2.05, 4.69) is 5.10 Å². The number of hydrazone groups is 1. The summed E-state index contributed by atoms with van der Waals surface area (Å²) in [5.74, 6) is 0.00479. The Kier molecular flexibility index (Phi) is 2.90. The first kappa shape index (κ1) is 10.7. The number of hydrogen-bond donors (Lipinski definition) is 0. The minimum atomic E-state index is -0.0585. The number of carbonyl (C=O) groups is 1. The first-order valence-electron chi connectivity index (χ1n) is 4.70. The summed E-state index contributed by atoms with van der Waals surface area (Å²) in [6.45, 7) is 6.52. The van der Waals surface area contributed by atoms with Gasteiger partial charge >= 0.3 is 0 Å². The van der Waals surface area contributed by atoms with E-state index in [1.54, 1.807) is 0 Å². The van der Waals surface area contributed by atoms with Crippen LogP contribution in [0.4, 0.5) is 0 Å². The van der Waals surface area contributed by atoms with Crippen molar-refractivity contribution in [3.8, 4) is 6.07 Å². The van der Waals surface area contributed by atoms with Crippen molar-refractivity contribution in [2.75, 3.05) is 6.54 Å². The van der Waals surface area contributed by atoms with Crippen LogP contribution in [-0.2, 0) is 4.79 Å². The predicted molar refractivity (Wildman–Crippen MR) is 53.5 cm³/mol. The van der Waals surface area contributed by atoms with Gasteiger partial charge in [-0.05, 0) is 0 Å². The molecule has 0 bridgehead atoms. The van der Waals surface area contributed by atoms with Crippen LogP contribution < -0.4 is 0 Å². The average Bonchev–Trinajstić information content (AvgIpc) is 2.43. The van der Waals surface area contributed by atoms with Gasteiger partial charge in [0.25, 0.3) is 0 Å². The van der Waals surface area contributed by atoms with Gasteiger partial charge in [-0.25, -0.2) is 5.01 Å². The van der Waals surface area contributed by atoms with Gasteiger partial charge in [0.15, 0.2) is 0 Å². The number of carbonyl (C=O) groups excluding carboxylic acids is 1. The van der Waals surface area contributed by atoms with Crippen molar-refractivity contribution < 1.29 is 4.79 Å². The lowest BCUT2D eigenvalue weighted by Gasteiger charge is -2.16. The highest BCUT2D eigenvalue weighted by Crippen LogP contribution is 2.24. The molecule has 1 aliphatic heterocycles. The van der Waals surface area contributed by atoms with Crippen LogP contribution in [0.5, 0.6) is 0 Å². The maximum atomic E-state index is 11.4. The Bertz CT molecular complexity index is 306. The van der Waals surface area contributed by atoms with Crippen molar-refractivity contribution in [1.29, 1.82) is 5.26 Å². The molecule has 0 saturated heterocycles. The molecule has 0 N–H and O–H groups in total. The summed E-state index contributed by atoms with van der Waals surface area (Å²) >= 11 is 0. The summed E-state index contributed by atoms with van der Waals surface area (Å²) in [5, 5.41) is 14.0. The molecule has 1 heterocycles. The Balaban J connectivity index is 2.68. The van der Waals surface area contributed by atoms with Gasteiger partial charge < -0.3 is 0 Å². The van der Waals surface area contributed by atoms with Crippen LogP contribution in [-0.4, -0.2) is 23.2 Å². The molecule has 0 aromatic rings. The first-order valence-corrected chi connectivity index (χ1v) is 4.70. The molecule has 4 heteroatoms. The smallest absolute Gasteiger partial charge is 0.248 e. The number of rotatable bonds is 2. The largest absolute Gasteiger partial charge is 0.273 e. The maximum absolute atomic E-state index is 11.4. The Morgan fingerprint density at radius 2 is 2.21 bits per heavy atom. The highest BCUT2D eigenvalue weighted by atomic mass is 16.2. The molecule has 0 radical (unpaired) electrons. The normalized spacial score (nSPS) is 16.9. The van der Waals surface area contributed by atoms with Crippen molar-refractivity contribution >= 4 is 11.6 Å². The fourth-order valence-electron chi connectivity index (χ4n) is 1.22. The molecule has 14 heavy (non-hydrogen) atoms. The second-order valence-corrected chi connectivity index (χ2v) is 4.40.